The molecular weight excluding hydrogens is 318 g/mol. The molecule has 1 aliphatic heterocycles. The van der Waals surface area contributed by atoms with Gasteiger partial charge in [0.15, 0.2) is 0 Å². The normalized spacial score (nSPS) is 16.7. The summed E-state index contributed by atoms with van der Waals surface area (Å²) in [6, 6.07) is 5.34. The Kier molecular flexibility index (Phi) is 5.28. The van der Waals surface area contributed by atoms with E-state index < -0.39 is 10.2 Å². The topological polar surface area (TPSA) is 70.2 Å². The molecule has 0 aromatic heterocycles. The average molecular weight is 341 g/mol. The number of nitrogens with zero attached hydrogens (tertiary/aromatic N) is 3. The minimum Gasteiger partial charge on any atom is -0.496 e. The van der Waals surface area contributed by atoms with Crippen LogP contribution in [-0.2, 0) is 10.2 Å². The summed E-state index contributed by atoms with van der Waals surface area (Å²) in [7, 11) is 1.16. The third-order valence-corrected chi connectivity index (χ3v) is 5.91. The van der Waals surface area contributed by atoms with Crippen LogP contribution < -0.4 is 4.74 Å². The van der Waals surface area contributed by atoms with Crippen molar-refractivity contribution in [2.75, 3.05) is 47.4 Å². The van der Waals surface area contributed by atoms with Gasteiger partial charge in [-0.05, 0) is 24.6 Å². The van der Waals surface area contributed by atoms with Crippen LogP contribution in [0.2, 0.25) is 0 Å². The zero-order valence-electron chi connectivity index (χ0n) is 13.9. The van der Waals surface area contributed by atoms with Gasteiger partial charge >= 0.3 is 0 Å². The lowest BCUT2D eigenvalue weighted by Crippen LogP contribution is -2.53. The van der Waals surface area contributed by atoms with Gasteiger partial charge in [0.1, 0.15) is 5.75 Å². The Balaban J connectivity index is 2.07. The van der Waals surface area contributed by atoms with E-state index in [0.29, 0.717) is 37.5 Å². The number of carbonyl (C=O) groups excluding carboxylic acids is 1. The maximum absolute atomic E-state index is 12.6. The van der Waals surface area contributed by atoms with Gasteiger partial charge in [-0.1, -0.05) is 6.07 Å². The zero-order valence-corrected chi connectivity index (χ0v) is 14.8. The van der Waals surface area contributed by atoms with Gasteiger partial charge in [0.05, 0.1) is 7.11 Å². The Hall–Kier alpha value is -1.64. The Morgan fingerprint density at radius 1 is 1.17 bits per heavy atom. The highest BCUT2D eigenvalue weighted by Gasteiger charge is 2.30. The SMILES string of the molecule is COc1cc(C(=O)N2CCN(S(=O)(=O)N(C)C)CC2)ccc1C. The van der Waals surface area contributed by atoms with Crippen LogP contribution in [0.3, 0.4) is 0 Å². The fourth-order valence-electron chi connectivity index (χ4n) is 2.49. The van der Waals surface area contributed by atoms with E-state index in [0.717, 1.165) is 5.56 Å². The summed E-state index contributed by atoms with van der Waals surface area (Å²) in [6.45, 7) is 3.27. The molecule has 0 N–H and O–H groups in total. The van der Waals surface area contributed by atoms with Crippen LogP contribution in [0, 0.1) is 6.92 Å². The molecule has 23 heavy (non-hydrogen) atoms. The minimum absolute atomic E-state index is 0.106. The van der Waals surface area contributed by atoms with Crippen molar-refractivity contribution in [3.05, 3.63) is 29.3 Å². The van der Waals surface area contributed by atoms with Crippen molar-refractivity contribution in [2.24, 2.45) is 0 Å². The van der Waals surface area contributed by atoms with E-state index in [9.17, 15) is 13.2 Å². The molecule has 0 radical (unpaired) electrons. The van der Waals surface area contributed by atoms with Crippen molar-refractivity contribution in [1.82, 2.24) is 13.5 Å². The molecule has 1 aliphatic rings. The molecule has 1 heterocycles. The first-order valence-corrected chi connectivity index (χ1v) is 8.78. The van der Waals surface area contributed by atoms with Crippen LogP contribution in [0.1, 0.15) is 15.9 Å². The van der Waals surface area contributed by atoms with Gasteiger partial charge in [0.2, 0.25) is 0 Å². The summed E-state index contributed by atoms with van der Waals surface area (Å²) in [4.78, 5) is 14.2. The predicted molar refractivity (Wildman–Crippen MR) is 87.8 cm³/mol. The molecule has 1 aromatic rings. The Labute approximate surface area is 137 Å². The smallest absolute Gasteiger partial charge is 0.281 e. The largest absolute Gasteiger partial charge is 0.496 e. The first-order chi connectivity index (χ1) is 10.8. The number of hydrogen-bond donors (Lipinski definition) is 0. The molecule has 0 atom stereocenters. The molecule has 128 valence electrons. The van der Waals surface area contributed by atoms with Crippen molar-refractivity contribution in [2.45, 2.75) is 6.92 Å². The quantitative estimate of drug-likeness (QED) is 0.803. The highest BCUT2D eigenvalue weighted by Crippen LogP contribution is 2.21. The summed E-state index contributed by atoms with van der Waals surface area (Å²) < 4.78 is 32.0. The molecule has 7 nitrogen and oxygen atoms in total. The fourth-order valence-corrected chi connectivity index (χ4v) is 3.58. The lowest BCUT2D eigenvalue weighted by molar-refractivity contribution is 0.0695. The first-order valence-electron chi connectivity index (χ1n) is 7.39. The van der Waals surface area contributed by atoms with Gasteiger partial charge in [0.25, 0.3) is 16.1 Å². The van der Waals surface area contributed by atoms with Crippen LogP contribution in [0.15, 0.2) is 18.2 Å². The van der Waals surface area contributed by atoms with E-state index in [1.807, 2.05) is 13.0 Å². The minimum atomic E-state index is -3.42. The summed E-state index contributed by atoms with van der Waals surface area (Å²) in [5, 5.41) is 0. The number of ether oxygens (including phenoxy) is 1. The molecule has 1 saturated heterocycles. The van der Waals surface area contributed by atoms with Gasteiger partial charge in [0, 0.05) is 45.8 Å². The number of amides is 1. The number of aryl methyl sites for hydroxylation is 1. The van der Waals surface area contributed by atoms with Crippen molar-refractivity contribution < 1.29 is 17.9 Å². The molecule has 8 heteroatoms. The molecule has 2 rings (SSSR count). The fraction of sp³-hybridized carbons (Fsp3) is 0.533. The van der Waals surface area contributed by atoms with Crippen LogP contribution in [0.25, 0.3) is 0 Å². The maximum atomic E-state index is 12.6. The van der Waals surface area contributed by atoms with E-state index in [1.54, 1.807) is 24.1 Å². The maximum Gasteiger partial charge on any atom is 0.281 e. The van der Waals surface area contributed by atoms with E-state index in [-0.39, 0.29) is 5.91 Å². The number of hydrogen-bond acceptors (Lipinski definition) is 4. The molecule has 0 saturated carbocycles. The number of carbonyl (C=O) groups is 1. The molecule has 0 unspecified atom stereocenters. The average Bonchev–Trinajstić information content (AvgIpc) is 2.54. The first kappa shape index (κ1) is 17.7. The molecule has 1 aromatic carbocycles. The van der Waals surface area contributed by atoms with Crippen molar-refractivity contribution in [3.8, 4) is 5.75 Å². The van der Waals surface area contributed by atoms with Crippen molar-refractivity contribution >= 4 is 16.1 Å². The highest BCUT2D eigenvalue weighted by atomic mass is 32.2. The van der Waals surface area contributed by atoms with E-state index in [4.69, 9.17) is 4.74 Å². The van der Waals surface area contributed by atoms with Crippen LogP contribution in [-0.4, -0.2) is 75.2 Å². The van der Waals surface area contributed by atoms with Crippen LogP contribution in [0.5, 0.6) is 5.75 Å². The van der Waals surface area contributed by atoms with E-state index >= 15 is 0 Å². The van der Waals surface area contributed by atoms with Gasteiger partial charge in [-0.25, -0.2) is 0 Å². The Morgan fingerprint density at radius 3 is 2.30 bits per heavy atom. The second-order valence-electron chi connectivity index (χ2n) is 5.67. The monoisotopic (exact) mass is 341 g/mol. The van der Waals surface area contributed by atoms with Gasteiger partial charge in [-0.2, -0.15) is 17.0 Å². The summed E-state index contributed by atoms with van der Waals surface area (Å²) in [5.41, 5.74) is 1.52. The summed E-state index contributed by atoms with van der Waals surface area (Å²) in [6.07, 6.45) is 0. The zero-order chi connectivity index (χ0) is 17.2. The molecule has 1 amide bonds. The Morgan fingerprint density at radius 2 is 1.78 bits per heavy atom. The molecule has 0 spiro atoms. The third kappa shape index (κ3) is 3.65. The van der Waals surface area contributed by atoms with Crippen molar-refractivity contribution in [3.63, 3.8) is 0 Å². The summed E-state index contributed by atoms with van der Waals surface area (Å²) >= 11 is 0. The van der Waals surface area contributed by atoms with Crippen LogP contribution in [0.4, 0.5) is 0 Å². The molecule has 0 aliphatic carbocycles. The Bertz CT molecular complexity index is 680. The standard InChI is InChI=1S/C15H23N3O4S/c1-12-5-6-13(11-14(12)22-4)15(19)17-7-9-18(10-8-17)23(20,21)16(2)3/h5-6,11H,7-10H2,1-4H3. The summed E-state index contributed by atoms with van der Waals surface area (Å²) in [5.74, 6) is 0.565. The second-order valence-corrected chi connectivity index (χ2v) is 7.81. The lowest BCUT2D eigenvalue weighted by Gasteiger charge is -2.35. The van der Waals surface area contributed by atoms with Crippen molar-refractivity contribution in [1.29, 1.82) is 0 Å². The number of methoxy groups -OCH3 is 1. The molecule has 0 bridgehead atoms. The second kappa shape index (κ2) is 6.86. The van der Waals surface area contributed by atoms with E-state index in [2.05, 4.69) is 0 Å². The van der Waals surface area contributed by atoms with Gasteiger partial charge < -0.3 is 9.64 Å². The molecule has 1 fully saturated rings. The third-order valence-electron chi connectivity index (χ3n) is 3.97. The predicted octanol–water partition coefficient (Wildman–Crippen LogP) is 0.568. The number of rotatable bonds is 4. The van der Waals surface area contributed by atoms with Gasteiger partial charge in [-0.3, -0.25) is 4.79 Å². The number of piperazine rings is 1. The molecular formula is C15H23N3O4S. The van der Waals surface area contributed by atoms with Gasteiger partial charge in [-0.15, -0.1) is 0 Å². The van der Waals surface area contributed by atoms with E-state index in [1.165, 1.54) is 22.7 Å². The lowest BCUT2D eigenvalue weighted by atomic mass is 10.1. The van der Waals surface area contributed by atoms with Crippen LogP contribution >= 0.6 is 0 Å². The number of benzene rings is 1. The highest BCUT2D eigenvalue weighted by molar-refractivity contribution is 7.86.